The van der Waals surface area contributed by atoms with Crippen LogP contribution in [-0.4, -0.2) is 75.1 Å². The van der Waals surface area contributed by atoms with Gasteiger partial charge in [-0.3, -0.25) is 4.79 Å². The van der Waals surface area contributed by atoms with Gasteiger partial charge in [0.2, 0.25) is 15.9 Å². The van der Waals surface area contributed by atoms with E-state index < -0.39 is 10.0 Å². The number of piperidine rings is 1. The second kappa shape index (κ2) is 9.72. The fraction of sp³-hybridized carbons (Fsp3) is 0.565. The number of hydrogen-bond donors (Lipinski definition) is 0. The average molecular weight is 477 g/mol. The second-order valence-corrected chi connectivity index (χ2v) is 10.6. The number of hydrogen-bond acceptors (Lipinski definition) is 7. The highest BCUT2D eigenvalue weighted by atomic mass is 32.2. The zero-order valence-electron chi connectivity index (χ0n) is 19.5. The normalized spacial score (nSPS) is 18.9. The van der Waals surface area contributed by atoms with Gasteiger partial charge in [0.25, 0.3) is 0 Å². The van der Waals surface area contributed by atoms with Gasteiger partial charge < -0.3 is 19.1 Å². The number of sulfonamides is 1. The predicted octanol–water partition coefficient (Wildman–Crippen LogP) is 2.44. The molecule has 0 spiro atoms. The summed E-state index contributed by atoms with van der Waals surface area (Å²) in [5.41, 5.74) is 1.50. The second-order valence-electron chi connectivity index (χ2n) is 8.70. The van der Waals surface area contributed by atoms with Gasteiger partial charge in [0.1, 0.15) is 16.3 Å². The number of nitrogens with zero attached hydrogens (tertiary/aromatic N) is 4. The van der Waals surface area contributed by atoms with Crippen molar-refractivity contribution >= 4 is 21.6 Å². The Hall–Kier alpha value is -2.59. The molecule has 0 aliphatic carbocycles. The molecule has 1 amide bonds. The lowest BCUT2D eigenvalue weighted by Crippen LogP contribution is -2.45. The molecule has 2 aliphatic heterocycles. The van der Waals surface area contributed by atoms with Crippen molar-refractivity contribution in [2.24, 2.45) is 5.92 Å². The zero-order chi connectivity index (χ0) is 23.6. The van der Waals surface area contributed by atoms with Crippen LogP contribution in [0.15, 0.2) is 33.7 Å². The molecular formula is C23H32N4O5S. The molecule has 4 rings (SSSR count). The summed E-state index contributed by atoms with van der Waals surface area (Å²) in [5, 5.41) is 3.78. The van der Waals surface area contributed by atoms with Gasteiger partial charge in [-0.2, -0.15) is 4.31 Å². The molecule has 2 saturated heterocycles. The third kappa shape index (κ3) is 4.86. The predicted molar refractivity (Wildman–Crippen MR) is 124 cm³/mol. The monoisotopic (exact) mass is 476 g/mol. The van der Waals surface area contributed by atoms with Crippen LogP contribution in [0.2, 0.25) is 0 Å². The number of amides is 1. The van der Waals surface area contributed by atoms with Gasteiger partial charge in [-0.15, -0.1) is 0 Å². The van der Waals surface area contributed by atoms with Crippen molar-refractivity contribution in [1.29, 1.82) is 0 Å². The van der Waals surface area contributed by atoms with E-state index in [1.807, 2.05) is 29.2 Å². The van der Waals surface area contributed by atoms with E-state index in [4.69, 9.17) is 9.26 Å². The number of aryl methyl sites for hydroxylation is 2. The molecule has 0 radical (unpaired) electrons. The maximum atomic E-state index is 13.2. The number of ether oxygens (including phenoxy) is 1. The van der Waals surface area contributed by atoms with Crippen molar-refractivity contribution in [3.05, 3.63) is 35.7 Å². The van der Waals surface area contributed by atoms with Crippen molar-refractivity contribution in [3.8, 4) is 5.75 Å². The van der Waals surface area contributed by atoms with E-state index in [0.717, 1.165) is 37.5 Å². The molecule has 0 atom stereocenters. The summed E-state index contributed by atoms with van der Waals surface area (Å²) in [7, 11) is -2.01. The quantitative estimate of drug-likeness (QED) is 0.654. The van der Waals surface area contributed by atoms with Gasteiger partial charge >= 0.3 is 0 Å². The van der Waals surface area contributed by atoms with Gasteiger partial charge in [-0.05, 0) is 57.4 Å². The standard InChI is InChI=1S/C23H32N4O5S/c1-17-22(18(2)32-24-17)33(29,30)27-13-9-19(10-14-27)23(28)26-12-4-11-25(15-16-26)20-5-7-21(31-3)8-6-20/h5-8,19H,4,9-16H2,1-3H3. The Bertz CT molecular complexity index is 1060. The Kier molecular flexibility index (Phi) is 6.94. The van der Waals surface area contributed by atoms with Crippen molar-refractivity contribution in [3.63, 3.8) is 0 Å². The summed E-state index contributed by atoms with van der Waals surface area (Å²) in [4.78, 5) is 17.6. The summed E-state index contributed by atoms with van der Waals surface area (Å²) in [5.74, 6) is 1.12. The first kappa shape index (κ1) is 23.6. The fourth-order valence-corrected chi connectivity index (χ4v) is 6.52. The maximum absolute atomic E-state index is 13.2. The maximum Gasteiger partial charge on any atom is 0.248 e. The average Bonchev–Trinajstić information content (AvgIpc) is 3.02. The molecule has 33 heavy (non-hydrogen) atoms. The molecule has 0 N–H and O–H groups in total. The van der Waals surface area contributed by atoms with Crippen LogP contribution in [0, 0.1) is 19.8 Å². The van der Waals surface area contributed by atoms with Crippen LogP contribution in [0.1, 0.15) is 30.7 Å². The van der Waals surface area contributed by atoms with Gasteiger partial charge in [0, 0.05) is 50.9 Å². The van der Waals surface area contributed by atoms with Gasteiger partial charge in [0.15, 0.2) is 5.76 Å². The van der Waals surface area contributed by atoms with Crippen molar-refractivity contribution in [1.82, 2.24) is 14.4 Å². The van der Waals surface area contributed by atoms with E-state index >= 15 is 0 Å². The Morgan fingerprint density at radius 1 is 1.03 bits per heavy atom. The molecule has 0 unspecified atom stereocenters. The lowest BCUT2D eigenvalue weighted by Gasteiger charge is -2.33. The van der Waals surface area contributed by atoms with Crippen molar-refractivity contribution in [2.75, 3.05) is 51.3 Å². The van der Waals surface area contributed by atoms with E-state index in [0.29, 0.717) is 43.9 Å². The zero-order valence-corrected chi connectivity index (χ0v) is 20.3. The van der Waals surface area contributed by atoms with Crippen LogP contribution in [-0.2, 0) is 14.8 Å². The van der Waals surface area contributed by atoms with Crippen LogP contribution in [0.3, 0.4) is 0 Å². The molecule has 2 aromatic rings. The minimum atomic E-state index is -3.67. The van der Waals surface area contributed by atoms with Crippen LogP contribution < -0.4 is 9.64 Å². The summed E-state index contributed by atoms with van der Waals surface area (Å²) >= 11 is 0. The molecule has 0 saturated carbocycles. The van der Waals surface area contributed by atoms with Crippen molar-refractivity contribution in [2.45, 2.75) is 38.0 Å². The SMILES string of the molecule is COc1ccc(N2CCCN(C(=O)C3CCN(S(=O)(=O)c4c(C)noc4C)CC3)CC2)cc1. The van der Waals surface area contributed by atoms with E-state index in [-0.39, 0.29) is 16.7 Å². The molecule has 0 bridgehead atoms. The van der Waals surface area contributed by atoms with Crippen LogP contribution in [0.25, 0.3) is 0 Å². The Balaban J connectivity index is 1.34. The molecule has 1 aromatic carbocycles. The van der Waals surface area contributed by atoms with Gasteiger partial charge in [-0.1, -0.05) is 5.16 Å². The highest BCUT2D eigenvalue weighted by Crippen LogP contribution is 2.29. The molecule has 2 fully saturated rings. The Morgan fingerprint density at radius 3 is 2.33 bits per heavy atom. The molecule has 9 nitrogen and oxygen atoms in total. The molecule has 3 heterocycles. The third-order valence-corrected chi connectivity index (χ3v) is 8.76. The van der Waals surface area contributed by atoms with Crippen LogP contribution >= 0.6 is 0 Å². The molecule has 10 heteroatoms. The number of aromatic nitrogens is 1. The topological polar surface area (TPSA) is 96.2 Å². The molecule has 2 aliphatic rings. The van der Waals surface area contributed by atoms with Crippen molar-refractivity contribution < 1.29 is 22.5 Å². The van der Waals surface area contributed by atoms with E-state index in [2.05, 4.69) is 10.1 Å². The first-order chi connectivity index (χ1) is 15.8. The molecule has 1 aromatic heterocycles. The highest BCUT2D eigenvalue weighted by molar-refractivity contribution is 7.89. The van der Waals surface area contributed by atoms with Crippen LogP contribution in [0.5, 0.6) is 5.75 Å². The first-order valence-electron chi connectivity index (χ1n) is 11.4. The summed E-state index contributed by atoms with van der Waals surface area (Å²) in [6.45, 7) is 6.96. The summed E-state index contributed by atoms with van der Waals surface area (Å²) in [6, 6.07) is 8.00. The van der Waals surface area contributed by atoms with E-state index in [1.165, 1.54) is 4.31 Å². The van der Waals surface area contributed by atoms with E-state index in [1.54, 1.807) is 21.0 Å². The first-order valence-corrected chi connectivity index (χ1v) is 12.9. The number of anilines is 1. The highest BCUT2D eigenvalue weighted by Gasteiger charge is 2.36. The lowest BCUT2D eigenvalue weighted by molar-refractivity contribution is -0.136. The van der Waals surface area contributed by atoms with E-state index in [9.17, 15) is 13.2 Å². The summed E-state index contributed by atoms with van der Waals surface area (Å²) in [6.07, 6.45) is 1.96. The number of methoxy groups -OCH3 is 1. The van der Waals surface area contributed by atoms with Gasteiger partial charge in [-0.25, -0.2) is 8.42 Å². The lowest BCUT2D eigenvalue weighted by atomic mass is 9.96. The number of carbonyl (C=O) groups is 1. The van der Waals surface area contributed by atoms with Crippen LogP contribution in [0.4, 0.5) is 5.69 Å². The number of rotatable bonds is 5. The minimum absolute atomic E-state index is 0.140. The molecular weight excluding hydrogens is 444 g/mol. The third-order valence-electron chi connectivity index (χ3n) is 6.61. The fourth-order valence-electron chi connectivity index (χ4n) is 4.76. The Labute approximate surface area is 195 Å². The Morgan fingerprint density at radius 2 is 1.73 bits per heavy atom. The van der Waals surface area contributed by atoms with Gasteiger partial charge in [0.05, 0.1) is 7.11 Å². The summed E-state index contributed by atoms with van der Waals surface area (Å²) < 4.78 is 37.8. The number of benzene rings is 1. The minimum Gasteiger partial charge on any atom is -0.497 e. The smallest absolute Gasteiger partial charge is 0.248 e. The molecule has 180 valence electrons. The largest absolute Gasteiger partial charge is 0.497 e. The number of carbonyl (C=O) groups excluding carboxylic acids is 1.